The Balaban J connectivity index is 1.87. The van der Waals surface area contributed by atoms with E-state index in [2.05, 4.69) is 23.5 Å². The molecule has 0 spiro atoms. The summed E-state index contributed by atoms with van der Waals surface area (Å²) in [5.74, 6) is 1.01. The minimum absolute atomic E-state index is 0.0748. The molecule has 1 amide bonds. The first kappa shape index (κ1) is 13.4. The van der Waals surface area contributed by atoms with Crippen molar-refractivity contribution in [2.45, 2.75) is 31.6 Å². The number of ether oxygens (including phenoxy) is 1. The Morgan fingerprint density at radius 1 is 1.09 bits per heavy atom. The van der Waals surface area contributed by atoms with Crippen LogP contribution >= 0.6 is 0 Å². The first-order chi connectivity index (χ1) is 10.8. The Morgan fingerprint density at radius 2 is 1.86 bits per heavy atom. The number of fused-ring (bicyclic) bond motifs is 2. The second-order valence-electron chi connectivity index (χ2n) is 6.11. The lowest BCUT2D eigenvalue weighted by Crippen LogP contribution is -2.24. The molecule has 112 valence electrons. The van der Waals surface area contributed by atoms with E-state index in [1.807, 2.05) is 18.2 Å². The van der Waals surface area contributed by atoms with Gasteiger partial charge in [-0.3, -0.25) is 4.79 Å². The van der Waals surface area contributed by atoms with Gasteiger partial charge in [0, 0.05) is 23.6 Å². The molecule has 1 aliphatic carbocycles. The van der Waals surface area contributed by atoms with Gasteiger partial charge in [0.05, 0.1) is 7.11 Å². The molecule has 0 saturated carbocycles. The number of para-hydroxylation sites is 1. The third kappa shape index (κ3) is 2.08. The predicted molar refractivity (Wildman–Crippen MR) is 86.6 cm³/mol. The van der Waals surface area contributed by atoms with Gasteiger partial charge in [0.25, 0.3) is 0 Å². The highest BCUT2D eigenvalue weighted by molar-refractivity contribution is 5.95. The molecular formula is C19H19NO2. The molecule has 0 aromatic heterocycles. The Hall–Kier alpha value is -2.29. The van der Waals surface area contributed by atoms with E-state index < -0.39 is 0 Å². The lowest BCUT2D eigenvalue weighted by Gasteiger charge is -2.28. The largest absolute Gasteiger partial charge is 0.496 e. The average molecular weight is 293 g/mol. The summed E-state index contributed by atoms with van der Waals surface area (Å²) >= 11 is 0. The Bertz CT molecular complexity index is 751. The molecule has 1 aliphatic heterocycles. The molecule has 2 aromatic carbocycles. The van der Waals surface area contributed by atoms with Crippen molar-refractivity contribution in [3.63, 3.8) is 0 Å². The Labute approximate surface area is 130 Å². The topological polar surface area (TPSA) is 38.3 Å². The number of anilines is 1. The van der Waals surface area contributed by atoms with Gasteiger partial charge in [-0.25, -0.2) is 0 Å². The molecule has 0 fully saturated rings. The quantitative estimate of drug-likeness (QED) is 0.917. The molecule has 3 nitrogen and oxygen atoms in total. The van der Waals surface area contributed by atoms with E-state index in [0.29, 0.717) is 6.42 Å². The van der Waals surface area contributed by atoms with Crippen LogP contribution in [0.2, 0.25) is 0 Å². The fourth-order valence-corrected chi connectivity index (χ4v) is 3.77. The van der Waals surface area contributed by atoms with Gasteiger partial charge < -0.3 is 10.1 Å². The molecule has 0 radical (unpaired) electrons. The maximum atomic E-state index is 12.2. The van der Waals surface area contributed by atoms with Crippen molar-refractivity contribution in [3.8, 4) is 5.75 Å². The predicted octanol–water partition coefficient (Wildman–Crippen LogP) is 3.66. The molecule has 1 atom stereocenters. The average Bonchev–Trinajstić information content (AvgIpc) is 2.99. The van der Waals surface area contributed by atoms with Crippen LogP contribution in [0.25, 0.3) is 0 Å². The maximum absolute atomic E-state index is 12.2. The summed E-state index contributed by atoms with van der Waals surface area (Å²) in [5.41, 5.74) is 6.13. The summed E-state index contributed by atoms with van der Waals surface area (Å²) < 4.78 is 5.51. The molecule has 1 N–H and O–H groups in total. The van der Waals surface area contributed by atoms with Crippen LogP contribution in [0, 0.1) is 0 Å². The number of carbonyl (C=O) groups excluding carboxylic acids is 1. The number of methoxy groups -OCH3 is 1. The van der Waals surface area contributed by atoms with Crippen LogP contribution in [-0.2, 0) is 17.6 Å². The van der Waals surface area contributed by atoms with E-state index in [0.717, 1.165) is 29.8 Å². The highest BCUT2D eigenvalue weighted by Gasteiger charge is 2.30. The van der Waals surface area contributed by atoms with E-state index in [1.165, 1.54) is 23.1 Å². The maximum Gasteiger partial charge on any atom is 0.225 e. The van der Waals surface area contributed by atoms with Gasteiger partial charge in [0.2, 0.25) is 5.91 Å². The number of benzene rings is 2. The number of carbonyl (C=O) groups is 1. The third-order valence-corrected chi connectivity index (χ3v) is 4.82. The van der Waals surface area contributed by atoms with Crippen molar-refractivity contribution < 1.29 is 9.53 Å². The lowest BCUT2D eigenvalue weighted by atomic mass is 9.83. The first-order valence-corrected chi connectivity index (χ1v) is 7.84. The number of aryl methyl sites for hydroxylation is 2. The van der Waals surface area contributed by atoms with Crippen molar-refractivity contribution in [1.82, 2.24) is 0 Å². The minimum atomic E-state index is 0.0748. The van der Waals surface area contributed by atoms with Crippen LogP contribution < -0.4 is 10.1 Å². The van der Waals surface area contributed by atoms with Crippen LogP contribution in [0.3, 0.4) is 0 Å². The molecule has 0 bridgehead atoms. The monoisotopic (exact) mass is 293 g/mol. The normalized spacial score (nSPS) is 19.3. The number of hydrogen-bond donors (Lipinski definition) is 1. The van der Waals surface area contributed by atoms with Crippen molar-refractivity contribution in [1.29, 1.82) is 0 Å². The van der Waals surface area contributed by atoms with E-state index in [1.54, 1.807) is 7.11 Å². The van der Waals surface area contributed by atoms with Gasteiger partial charge in [-0.15, -0.1) is 0 Å². The number of amides is 1. The van der Waals surface area contributed by atoms with E-state index in [9.17, 15) is 4.79 Å². The number of hydrogen-bond acceptors (Lipinski definition) is 2. The van der Waals surface area contributed by atoms with E-state index in [-0.39, 0.29) is 11.8 Å². The fraction of sp³-hybridized carbons (Fsp3) is 0.316. The van der Waals surface area contributed by atoms with Gasteiger partial charge in [0.15, 0.2) is 0 Å². The summed E-state index contributed by atoms with van der Waals surface area (Å²) in [6.07, 6.45) is 3.96. The zero-order valence-electron chi connectivity index (χ0n) is 12.7. The molecule has 0 saturated heterocycles. The second kappa shape index (κ2) is 5.16. The molecule has 4 rings (SSSR count). The zero-order chi connectivity index (χ0) is 15.1. The van der Waals surface area contributed by atoms with Crippen molar-refractivity contribution in [2.24, 2.45) is 0 Å². The van der Waals surface area contributed by atoms with Crippen molar-refractivity contribution in [2.75, 3.05) is 12.4 Å². The van der Waals surface area contributed by atoms with Crippen LogP contribution in [0.5, 0.6) is 5.75 Å². The van der Waals surface area contributed by atoms with Crippen molar-refractivity contribution in [3.05, 3.63) is 58.7 Å². The molecule has 3 heteroatoms. The molecule has 0 unspecified atom stereocenters. The molecule has 2 aromatic rings. The summed E-state index contributed by atoms with van der Waals surface area (Å²) in [6, 6.07) is 12.5. The SMILES string of the molecule is COc1ccccc1[C@H]1CC(=O)Nc2cc3c(cc21)CCC3. The summed E-state index contributed by atoms with van der Waals surface area (Å²) in [6.45, 7) is 0. The molecular weight excluding hydrogens is 274 g/mol. The Morgan fingerprint density at radius 3 is 2.68 bits per heavy atom. The molecule has 2 aliphatic rings. The highest BCUT2D eigenvalue weighted by Crippen LogP contribution is 2.42. The van der Waals surface area contributed by atoms with Gasteiger partial charge >= 0.3 is 0 Å². The van der Waals surface area contributed by atoms with Gasteiger partial charge in [-0.1, -0.05) is 24.3 Å². The lowest BCUT2D eigenvalue weighted by molar-refractivity contribution is -0.116. The van der Waals surface area contributed by atoms with E-state index >= 15 is 0 Å². The smallest absolute Gasteiger partial charge is 0.225 e. The van der Waals surface area contributed by atoms with E-state index in [4.69, 9.17) is 4.74 Å². The Kier molecular flexibility index (Phi) is 3.14. The number of nitrogens with one attached hydrogen (secondary N) is 1. The van der Waals surface area contributed by atoms with Gasteiger partial charge in [-0.05, 0) is 48.1 Å². The third-order valence-electron chi connectivity index (χ3n) is 4.82. The highest BCUT2D eigenvalue weighted by atomic mass is 16.5. The van der Waals surface area contributed by atoms with Crippen LogP contribution in [0.15, 0.2) is 36.4 Å². The van der Waals surface area contributed by atoms with Gasteiger partial charge in [0.1, 0.15) is 5.75 Å². The number of rotatable bonds is 2. The first-order valence-electron chi connectivity index (χ1n) is 7.84. The van der Waals surface area contributed by atoms with Crippen LogP contribution in [0.4, 0.5) is 5.69 Å². The van der Waals surface area contributed by atoms with Crippen LogP contribution in [0.1, 0.15) is 41.0 Å². The van der Waals surface area contributed by atoms with Crippen molar-refractivity contribution >= 4 is 11.6 Å². The van der Waals surface area contributed by atoms with Gasteiger partial charge in [-0.2, -0.15) is 0 Å². The van der Waals surface area contributed by atoms with Crippen LogP contribution in [-0.4, -0.2) is 13.0 Å². The zero-order valence-corrected chi connectivity index (χ0v) is 12.7. The minimum Gasteiger partial charge on any atom is -0.496 e. The molecule has 22 heavy (non-hydrogen) atoms. The summed E-state index contributed by atoms with van der Waals surface area (Å²) in [5, 5.41) is 3.05. The standard InChI is InChI=1S/C19H19NO2/c1-22-18-8-3-2-7-14(18)15-11-19(21)20-17-10-13-6-4-5-12(13)9-16(15)17/h2-3,7-10,15H,4-6,11H2,1H3,(H,20,21)/t15-/m1/s1. The fourth-order valence-electron chi connectivity index (χ4n) is 3.77. The summed E-state index contributed by atoms with van der Waals surface area (Å²) in [4.78, 5) is 12.2. The summed E-state index contributed by atoms with van der Waals surface area (Å²) in [7, 11) is 1.69. The second-order valence-corrected chi connectivity index (χ2v) is 6.11. The molecule has 1 heterocycles.